The van der Waals surface area contributed by atoms with Gasteiger partial charge in [0.15, 0.2) is 0 Å². The van der Waals surface area contributed by atoms with Gasteiger partial charge in [-0.1, -0.05) is 0 Å². The molecule has 0 aliphatic heterocycles. The zero-order valence-corrected chi connectivity index (χ0v) is 21.2. The molecule has 0 atom stereocenters. The minimum atomic E-state index is -6.00. The molecule has 0 spiro atoms. The number of ether oxygens (including phenoxy) is 1. The molecule has 0 saturated heterocycles. The summed E-state index contributed by atoms with van der Waals surface area (Å²) >= 11 is 0. The van der Waals surface area contributed by atoms with Crippen LogP contribution >= 0.6 is 7.26 Å². The van der Waals surface area contributed by atoms with Crippen LogP contribution in [0.1, 0.15) is 12.0 Å². The Morgan fingerprint density at radius 3 is 1.54 bits per heavy atom. The Morgan fingerprint density at radius 2 is 1.14 bits per heavy atom. The van der Waals surface area contributed by atoms with Gasteiger partial charge in [0.1, 0.15) is 0 Å². The molecule has 0 bridgehead atoms. The van der Waals surface area contributed by atoms with Crippen molar-refractivity contribution in [2.75, 3.05) is 12.8 Å². The molecule has 0 heterocycles. The summed E-state index contributed by atoms with van der Waals surface area (Å²) in [5.41, 5.74) is 6.41. The van der Waals surface area contributed by atoms with Crippen LogP contribution in [0.2, 0.25) is 0 Å². The van der Waals surface area contributed by atoms with Gasteiger partial charge in [0.2, 0.25) is 0 Å². The fourth-order valence-electron chi connectivity index (χ4n) is 4.44. The standard InChI is InChI=1S/C28H30NO2P.BF4/c29-22-23-21-24(17-18-28(23)30)31-19-10-20-32(25-11-4-1-5-12-25,26-13-6-2-7-14-26)27-15-8-3-9-16-27;2-1(3,4)5/h1-9,11-18,21,30,32H,10,19-20,22,29H2;/q;-1. The first-order valence-electron chi connectivity index (χ1n) is 11.9. The number of benzene rings is 4. The molecule has 0 aromatic heterocycles. The molecule has 0 radical (unpaired) electrons. The number of hydrogen-bond donors (Lipinski definition) is 2. The van der Waals surface area contributed by atoms with Crippen LogP contribution in [-0.2, 0) is 6.54 Å². The van der Waals surface area contributed by atoms with Crippen LogP contribution < -0.4 is 26.4 Å². The molecule has 196 valence electrons. The Morgan fingerprint density at radius 1 is 0.703 bits per heavy atom. The third-order valence-corrected chi connectivity index (χ3v) is 11.1. The average Bonchev–Trinajstić information content (AvgIpc) is 2.90. The maximum atomic E-state index is 9.86. The molecule has 0 amide bonds. The number of phenolic OH excluding ortho intramolecular Hbond substituents is 1. The fraction of sp³-hybridized carbons (Fsp3) is 0.143. The molecular formula is C28H30BF4NO2P-. The summed E-state index contributed by atoms with van der Waals surface area (Å²) < 4.78 is 45.1. The molecule has 4 rings (SSSR count). The Labute approximate surface area is 215 Å². The van der Waals surface area contributed by atoms with Gasteiger partial charge in [0, 0.05) is 0 Å². The van der Waals surface area contributed by atoms with E-state index < -0.39 is 14.5 Å². The van der Waals surface area contributed by atoms with Crippen molar-refractivity contribution < 1.29 is 27.1 Å². The zero-order valence-electron chi connectivity index (χ0n) is 20.2. The van der Waals surface area contributed by atoms with E-state index >= 15 is 0 Å². The van der Waals surface area contributed by atoms with Crippen molar-refractivity contribution in [2.24, 2.45) is 5.73 Å². The molecule has 0 saturated carbocycles. The van der Waals surface area contributed by atoms with Gasteiger partial charge in [-0.05, 0) is 0 Å². The maximum absolute atomic E-state index is 9.86. The Balaban J connectivity index is 0.000000695. The van der Waals surface area contributed by atoms with Gasteiger partial charge in [-0.2, -0.15) is 0 Å². The van der Waals surface area contributed by atoms with Crippen LogP contribution in [0.25, 0.3) is 0 Å². The van der Waals surface area contributed by atoms with Crippen molar-refractivity contribution >= 4 is 30.4 Å². The normalized spacial score (nSPS) is 11.8. The molecule has 0 fully saturated rings. The van der Waals surface area contributed by atoms with Crippen molar-refractivity contribution in [1.29, 1.82) is 0 Å². The first-order valence-corrected chi connectivity index (χ1v) is 14.1. The summed E-state index contributed by atoms with van der Waals surface area (Å²) in [6, 6.07) is 38.1. The van der Waals surface area contributed by atoms with Crippen LogP contribution in [0, 0.1) is 0 Å². The first-order chi connectivity index (χ1) is 17.7. The van der Waals surface area contributed by atoms with Crippen LogP contribution in [0.4, 0.5) is 17.3 Å². The van der Waals surface area contributed by atoms with Gasteiger partial charge in [-0.3, -0.25) is 0 Å². The number of halogens is 4. The number of hydrogen-bond acceptors (Lipinski definition) is 3. The van der Waals surface area contributed by atoms with E-state index in [0.717, 1.165) is 18.3 Å². The Hall–Kier alpha value is -3.35. The summed E-state index contributed by atoms with van der Waals surface area (Å²) in [6.45, 7) is 0.894. The summed E-state index contributed by atoms with van der Waals surface area (Å²) in [7, 11) is -8.23. The van der Waals surface area contributed by atoms with E-state index in [4.69, 9.17) is 10.5 Å². The van der Waals surface area contributed by atoms with Crippen LogP contribution in [-0.4, -0.2) is 25.1 Å². The molecule has 4 aromatic carbocycles. The van der Waals surface area contributed by atoms with Crippen molar-refractivity contribution in [3.05, 3.63) is 115 Å². The topological polar surface area (TPSA) is 55.5 Å². The van der Waals surface area contributed by atoms with Gasteiger partial charge in [-0.25, -0.2) is 0 Å². The van der Waals surface area contributed by atoms with E-state index in [1.807, 2.05) is 6.07 Å². The van der Waals surface area contributed by atoms with Gasteiger partial charge in [0.05, 0.1) is 0 Å². The predicted octanol–water partition coefficient (Wildman–Crippen LogP) is 5.65. The van der Waals surface area contributed by atoms with E-state index in [-0.39, 0.29) is 12.3 Å². The second-order valence-corrected chi connectivity index (χ2v) is 12.5. The van der Waals surface area contributed by atoms with Crippen LogP contribution in [0.3, 0.4) is 0 Å². The van der Waals surface area contributed by atoms with Gasteiger partial charge < -0.3 is 17.3 Å². The van der Waals surface area contributed by atoms with E-state index in [1.165, 1.54) is 15.9 Å². The van der Waals surface area contributed by atoms with E-state index in [2.05, 4.69) is 91.0 Å². The molecule has 3 N–H and O–H groups in total. The van der Waals surface area contributed by atoms with Crippen molar-refractivity contribution in [3.8, 4) is 11.5 Å². The quantitative estimate of drug-likeness (QED) is 0.127. The SMILES string of the molecule is F[B-](F)(F)F.NCc1cc(OCCC[PH](c2ccccc2)(c2ccccc2)c2ccccc2)ccc1O. The molecule has 3 nitrogen and oxygen atoms in total. The summed E-state index contributed by atoms with van der Waals surface area (Å²) in [4.78, 5) is 0. The van der Waals surface area contributed by atoms with Gasteiger partial charge >= 0.3 is 198 Å². The minimum absolute atomic E-state index is 0.212. The number of aromatic hydroxyl groups is 1. The molecule has 4 aromatic rings. The van der Waals surface area contributed by atoms with Crippen molar-refractivity contribution in [1.82, 2.24) is 0 Å². The average molecular weight is 530 g/mol. The third-order valence-electron chi connectivity index (χ3n) is 6.04. The summed E-state index contributed by atoms with van der Waals surface area (Å²) in [6.07, 6.45) is 1.95. The second kappa shape index (κ2) is 13.3. The Bertz CT molecular complexity index is 1130. The predicted molar refractivity (Wildman–Crippen MR) is 148 cm³/mol. The first kappa shape index (κ1) is 28.2. The van der Waals surface area contributed by atoms with Gasteiger partial charge in [-0.15, -0.1) is 0 Å². The number of rotatable bonds is 9. The Kier molecular flexibility index (Phi) is 10.1. The van der Waals surface area contributed by atoms with Crippen LogP contribution in [0.5, 0.6) is 11.5 Å². The van der Waals surface area contributed by atoms with Crippen molar-refractivity contribution in [3.63, 3.8) is 0 Å². The molecule has 9 heteroatoms. The number of phenols is 1. The molecule has 0 aliphatic rings. The summed E-state index contributed by atoms with van der Waals surface area (Å²) in [5.74, 6) is 0.957. The second-order valence-electron chi connectivity index (χ2n) is 8.44. The van der Waals surface area contributed by atoms with Crippen LogP contribution in [0.15, 0.2) is 109 Å². The van der Waals surface area contributed by atoms with E-state index in [9.17, 15) is 22.4 Å². The third kappa shape index (κ3) is 8.07. The number of nitrogens with two attached hydrogens (primary N) is 1. The van der Waals surface area contributed by atoms with E-state index in [1.54, 1.807) is 12.1 Å². The summed E-state index contributed by atoms with van der Waals surface area (Å²) in [5, 5.41) is 14.1. The van der Waals surface area contributed by atoms with Gasteiger partial charge in [0.25, 0.3) is 0 Å². The molecular weight excluding hydrogens is 500 g/mol. The van der Waals surface area contributed by atoms with E-state index in [0.29, 0.717) is 12.2 Å². The van der Waals surface area contributed by atoms with Crippen molar-refractivity contribution in [2.45, 2.75) is 13.0 Å². The zero-order chi connectivity index (χ0) is 26.7. The molecule has 37 heavy (non-hydrogen) atoms. The monoisotopic (exact) mass is 530 g/mol. The molecule has 0 aliphatic carbocycles. The molecule has 0 unspecified atom stereocenters. The fourth-order valence-corrected chi connectivity index (χ4v) is 9.27.